The Kier molecular flexibility index (Phi) is 2.28. The highest BCUT2D eigenvalue weighted by molar-refractivity contribution is 5.89. The molecule has 0 saturated heterocycles. The molecule has 1 aromatic carbocycles. The van der Waals surface area contributed by atoms with Crippen molar-refractivity contribution in [2.75, 3.05) is 0 Å². The van der Waals surface area contributed by atoms with E-state index < -0.39 is 5.97 Å². The van der Waals surface area contributed by atoms with Crippen LogP contribution in [0, 0.1) is 0 Å². The molecular weight excluding hydrogens is 214 g/mol. The van der Waals surface area contributed by atoms with E-state index in [-0.39, 0.29) is 5.41 Å². The second kappa shape index (κ2) is 3.69. The van der Waals surface area contributed by atoms with Gasteiger partial charge in [0.2, 0.25) is 0 Å². The minimum atomic E-state index is -0.851. The van der Waals surface area contributed by atoms with Crippen LogP contribution >= 0.6 is 0 Å². The summed E-state index contributed by atoms with van der Waals surface area (Å²) in [5.41, 5.74) is 2.66. The Balaban J connectivity index is 2.14. The van der Waals surface area contributed by atoms with Gasteiger partial charge in [-0.25, -0.2) is 4.79 Å². The highest BCUT2D eigenvalue weighted by Gasteiger charge is 2.38. The van der Waals surface area contributed by atoms with Gasteiger partial charge in [-0.05, 0) is 43.0 Å². The van der Waals surface area contributed by atoms with Gasteiger partial charge < -0.3 is 5.11 Å². The minimum absolute atomic E-state index is 0.169. The fourth-order valence-corrected chi connectivity index (χ4v) is 3.16. The molecule has 0 atom stereocenters. The summed E-state index contributed by atoms with van der Waals surface area (Å²) in [5, 5.41) is 9.08. The smallest absolute Gasteiger partial charge is 0.335 e. The SMILES string of the molecule is O=C(O)c1ccc2c(c1)C1(CC=N2)CCCC1. The van der Waals surface area contributed by atoms with Gasteiger partial charge in [0.25, 0.3) is 0 Å². The maximum atomic E-state index is 11.1. The van der Waals surface area contributed by atoms with E-state index in [1.54, 1.807) is 6.07 Å². The third-order valence-electron chi connectivity index (χ3n) is 4.09. The van der Waals surface area contributed by atoms with E-state index in [2.05, 4.69) is 4.99 Å². The van der Waals surface area contributed by atoms with Gasteiger partial charge in [-0.15, -0.1) is 0 Å². The molecule has 3 nitrogen and oxygen atoms in total. The topological polar surface area (TPSA) is 49.7 Å². The summed E-state index contributed by atoms with van der Waals surface area (Å²) in [5.74, 6) is -0.851. The van der Waals surface area contributed by atoms with Crippen LogP contribution in [0.1, 0.15) is 48.0 Å². The van der Waals surface area contributed by atoms with Crippen LogP contribution < -0.4 is 0 Å². The molecule has 0 radical (unpaired) electrons. The molecule has 88 valence electrons. The maximum absolute atomic E-state index is 11.1. The zero-order valence-electron chi connectivity index (χ0n) is 9.65. The van der Waals surface area contributed by atoms with Crippen molar-refractivity contribution in [2.45, 2.75) is 37.5 Å². The van der Waals surface area contributed by atoms with Gasteiger partial charge in [-0.3, -0.25) is 4.99 Å². The molecule has 0 aromatic heterocycles. The molecule has 1 N–H and O–H groups in total. The number of hydrogen-bond donors (Lipinski definition) is 1. The van der Waals surface area contributed by atoms with E-state index in [0.717, 1.165) is 30.5 Å². The molecule has 2 aliphatic rings. The summed E-state index contributed by atoms with van der Waals surface area (Å²) < 4.78 is 0. The standard InChI is InChI=1S/C14H15NO2/c16-13(17)10-3-4-12-11(9-10)14(7-8-15-12)5-1-2-6-14/h3-4,8-9H,1-2,5-7H2,(H,16,17). The predicted molar refractivity (Wildman–Crippen MR) is 66.3 cm³/mol. The minimum Gasteiger partial charge on any atom is -0.478 e. The molecule has 3 heteroatoms. The lowest BCUT2D eigenvalue weighted by molar-refractivity contribution is 0.0696. The molecule has 1 spiro atoms. The van der Waals surface area contributed by atoms with Crippen molar-refractivity contribution in [3.8, 4) is 0 Å². The number of rotatable bonds is 1. The lowest BCUT2D eigenvalue weighted by Crippen LogP contribution is -2.25. The Labute approximate surface area is 100 Å². The van der Waals surface area contributed by atoms with Gasteiger partial charge in [0.05, 0.1) is 11.3 Å². The molecular formula is C14H15NO2. The molecule has 1 aliphatic heterocycles. The van der Waals surface area contributed by atoms with Crippen molar-refractivity contribution in [1.29, 1.82) is 0 Å². The monoisotopic (exact) mass is 229 g/mol. The molecule has 3 rings (SSSR count). The van der Waals surface area contributed by atoms with Crippen LogP contribution in [0.15, 0.2) is 23.2 Å². The predicted octanol–water partition coefficient (Wildman–Crippen LogP) is 3.30. The molecule has 1 fully saturated rings. The van der Waals surface area contributed by atoms with E-state index in [9.17, 15) is 4.79 Å². The first-order valence-electron chi connectivity index (χ1n) is 6.12. The third-order valence-corrected chi connectivity index (χ3v) is 4.09. The number of carbonyl (C=O) groups is 1. The van der Waals surface area contributed by atoms with Crippen molar-refractivity contribution in [2.24, 2.45) is 4.99 Å². The average Bonchev–Trinajstić information content (AvgIpc) is 2.78. The number of aromatic carboxylic acids is 1. The zero-order chi connectivity index (χ0) is 11.9. The molecule has 1 aliphatic carbocycles. The summed E-state index contributed by atoms with van der Waals surface area (Å²) >= 11 is 0. The number of benzene rings is 1. The number of carboxylic acid groups (broad SMARTS) is 1. The lowest BCUT2D eigenvalue weighted by Gasteiger charge is -2.32. The largest absolute Gasteiger partial charge is 0.478 e. The Morgan fingerprint density at radius 3 is 2.76 bits per heavy atom. The first kappa shape index (κ1) is 10.5. The van der Waals surface area contributed by atoms with Crippen LogP contribution in [0.2, 0.25) is 0 Å². The van der Waals surface area contributed by atoms with Crippen LogP contribution in [-0.2, 0) is 5.41 Å². The van der Waals surface area contributed by atoms with Crippen LogP contribution in [0.25, 0.3) is 0 Å². The summed E-state index contributed by atoms with van der Waals surface area (Å²) in [4.78, 5) is 15.4. The summed E-state index contributed by atoms with van der Waals surface area (Å²) in [6.07, 6.45) is 7.76. The average molecular weight is 229 g/mol. The highest BCUT2D eigenvalue weighted by atomic mass is 16.4. The molecule has 17 heavy (non-hydrogen) atoms. The Morgan fingerprint density at radius 2 is 2.06 bits per heavy atom. The molecule has 1 aromatic rings. The van der Waals surface area contributed by atoms with Crippen LogP contribution in [0.4, 0.5) is 5.69 Å². The van der Waals surface area contributed by atoms with Gasteiger partial charge >= 0.3 is 5.97 Å². The molecule has 0 unspecified atom stereocenters. The van der Waals surface area contributed by atoms with E-state index in [1.165, 1.54) is 12.8 Å². The van der Waals surface area contributed by atoms with Crippen molar-refractivity contribution in [3.05, 3.63) is 29.3 Å². The summed E-state index contributed by atoms with van der Waals surface area (Å²) in [6.45, 7) is 0. The summed E-state index contributed by atoms with van der Waals surface area (Å²) in [6, 6.07) is 5.32. The van der Waals surface area contributed by atoms with Gasteiger partial charge in [0.15, 0.2) is 0 Å². The van der Waals surface area contributed by atoms with Gasteiger partial charge in [0.1, 0.15) is 0 Å². The Bertz CT molecular complexity index is 499. The normalized spacial score (nSPS) is 20.5. The molecule has 1 saturated carbocycles. The van der Waals surface area contributed by atoms with Crippen molar-refractivity contribution in [3.63, 3.8) is 0 Å². The van der Waals surface area contributed by atoms with Crippen molar-refractivity contribution < 1.29 is 9.90 Å². The van der Waals surface area contributed by atoms with Crippen LogP contribution in [0.3, 0.4) is 0 Å². The molecule has 0 amide bonds. The van der Waals surface area contributed by atoms with Gasteiger partial charge in [-0.2, -0.15) is 0 Å². The zero-order valence-corrected chi connectivity index (χ0v) is 9.65. The number of carboxylic acids is 1. The fraction of sp³-hybridized carbons (Fsp3) is 0.429. The van der Waals surface area contributed by atoms with Gasteiger partial charge in [-0.1, -0.05) is 12.8 Å². The second-order valence-electron chi connectivity index (χ2n) is 5.04. The Hall–Kier alpha value is -1.64. The molecule has 0 bridgehead atoms. The second-order valence-corrected chi connectivity index (χ2v) is 5.04. The van der Waals surface area contributed by atoms with Crippen LogP contribution in [0.5, 0.6) is 0 Å². The molecule has 1 heterocycles. The van der Waals surface area contributed by atoms with E-state index >= 15 is 0 Å². The number of hydrogen-bond acceptors (Lipinski definition) is 2. The first-order chi connectivity index (χ1) is 8.21. The number of fused-ring (bicyclic) bond motifs is 2. The Morgan fingerprint density at radius 1 is 1.29 bits per heavy atom. The first-order valence-corrected chi connectivity index (χ1v) is 6.12. The van der Waals surface area contributed by atoms with Gasteiger partial charge in [0, 0.05) is 11.6 Å². The van der Waals surface area contributed by atoms with Crippen LogP contribution in [-0.4, -0.2) is 17.3 Å². The maximum Gasteiger partial charge on any atom is 0.335 e. The van der Waals surface area contributed by atoms with E-state index in [1.807, 2.05) is 18.3 Å². The van der Waals surface area contributed by atoms with Crippen molar-refractivity contribution in [1.82, 2.24) is 0 Å². The van der Waals surface area contributed by atoms with E-state index in [4.69, 9.17) is 5.11 Å². The fourth-order valence-electron chi connectivity index (χ4n) is 3.16. The van der Waals surface area contributed by atoms with Crippen molar-refractivity contribution >= 4 is 17.9 Å². The lowest BCUT2D eigenvalue weighted by atomic mass is 9.74. The number of aliphatic imine (C=N–C) groups is 1. The highest BCUT2D eigenvalue weighted by Crippen LogP contribution is 2.48. The number of nitrogens with zero attached hydrogens (tertiary/aromatic N) is 1. The third kappa shape index (κ3) is 1.57. The quantitative estimate of drug-likeness (QED) is 0.803. The summed E-state index contributed by atoms with van der Waals surface area (Å²) in [7, 11) is 0. The van der Waals surface area contributed by atoms with E-state index in [0.29, 0.717) is 5.56 Å².